The lowest BCUT2D eigenvalue weighted by Gasteiger charge is -2.04. The lowest BCUT2D eigenvalue weighted by atomic mass is 10.2. The third kappa shape index (κ3) is 2.55. The predicted octanol–water partition coefficient (Wildman–Crippen LogP) is 2.67. The molecule has 0 aliphatic rings. The van der Waals surface area contributed by atoms with Gasteiger partial charge < -0.3 is 11.1 Å². The molecule has 2 rings (SSSR count). The molecule has 2 aromatic rings. The van der Waals surface area contributed by atoms with E-state index in [0.717, 1.165) is 0 Å². The van der Waals surface area contributed by atoms with Crippen LogP contribution in [0.15, 0.2) is 24.3 Å². The van der Waals surface area contributed by atoms with Crippen molar-refractivity contribution >= 4 is 44.7 Å². The number of amides is 1. The highest BCUT2D eigenvalue weighted by Crippen LogP contribution is 2.31. The monoisotopic (exact) mass is 282 g/mol. The van der Waals surface area contributed by atoms with Gasteiger partial charge in [0.1, 0.15) is 5.00 Å². The van der Waals surface area contributed by atoms with E-state index in [9.17, 15) is 4.79 Å². The van der Waals surface area contributed by atoms with Gasteiger partial charge in [-0.05, 0) is 12.1 Å². The third-order valence-electron chi connectivity index (χ3n) is 2.24. The van der Waals surface area contributed by atoms with Crippen LogP contribution >= 0.6 is 22.9 Å². The van der Waals surface area contributed by atoms with Crippen LogP contribution < -0.4 is 16.4 Å². The van der Waals surface area contributed by atoms with Crippen LogP contribution in [0.5, 0.6) is 0 Å². The molecule has 0 unspecified atom stereocenters. The van der Waals surface area contributed by atoms with E-state index >= 15 is 0 Å². The zero-order chi connectivity index (χ0) is 13.1. The highest BCUT2D eigenvalue weighted by Gasteiger charge is 2.13. The Balaban J connectivity index is 2.19. The van der Waals surface area contributed by atoms with Crippen molar-refractivity contribution in [3.63, 3.8) is 0 Å². The van der Waals surface area contributed by atoms with E-state index in [-0.39, 0.29) is 5.91 Å². The number of carbonyl (C=O) groups excluding carboxylic acids is 1. The molecule has 1 aromatic heterocycles. The molecule has 0 aliphatic carbocycles. The summed E-state index contributed by atoms with van der Waals surface area (Å²) in [6.07, 6.45) is 0. The molecule has 94 valence electrons. The van der Waals surface area contributed by atoms with Crippen molar-refractivity contribution in [3.05, 3.63) is 35.0 Å². The number of nitrogens with two attached hydrogens (primary N) is 1. The van der Waals surface area contributed by atoms with Crippen LogP contribution in [0.2, 0.25) is 5.15 Å². The van der Waals surface area contributed by atoms with Gasteiger partial charge in [0.2, 0.25) is 0 Å². The maximum absolute atomic E-state index is 12.0. The van der Waals surface area contributed by atoms with Crippen molar-refractivity contribution in [2.75, 3.05) is 23.4 Å². The lowest BCUT2D eigenvalue weighted by molar-refractivity contribution is 0.102. The van der Waals surface area contributed by atoms with Gasteiger partial charge in [0.15, 0.2) is 10.3 Å². The SMILES string of the molecule is CNc1sc(NC(=O)c2ccccc2N)nc1Cl. The summed E-state index contributed by atoms with van der Waals surface area (Å²) in [4.78, 5) is 16.0. The summed E-state index contributed by atoms with van der Waals surface area (Å²) >= 11 is 7.13. The molecule has 1 amide bonds. The number of benzene rings is 1. The first kappa shape index (κ1) is 12.7. The van der Waals surface area contributed by atoms with Gasteiger partial charge in [-0.2, -0.15) is 0 Å². The number of nitrogens with one attached hydrogen (secondary N) is 2. The van der Waals surface area contributed by atoms with Crippen molar-refractivity contribution in [3.8, 4) is 0 Å². The van der Waals surface area contributed by atoms with Crippen molar-refractivity contribution < 1.29 is 4.79 Å². The smallest absolute Gasteiger partial charge is 0.259 e. The van der Waals surface area contributed by atoms with Gasteiger partial charge in [-0.15, -0.1) is 0 Å². The Bertz CT molecular complexity index is 584. The van der Waals surface area contributed by atoms with Crippen LogP contribution in [0, 0.1) is 0 Å². The Kier molecular flexibility index (Phi) is 3.69. The molecule has 0 aliphatic heterocycles. The molecule has 0 spiro atoms. The van der Waals surface area contributed by atoms with Gasteiger partial charge in [0.25, 0.3) is 5.91 Å². The van der Waals surface area contributed by atoms with Gasteiger partial charge in [-0.25, -0.2) is 4.98 Å². The van der Waals surface area contributed by atoms with Crippen molar-refractivity contribution in [1.29, 1.82) is 0 Å². The molecule has 0 radical (unpaired) electrons. The largest absolute Gasteiger partial charge is 0.398 e. The van der Waals surface area contributed by atoms with Crippen LogP contribution in [0.25, 0.3) is 0 Å². The summed E-state index contributed by atoms with van der Waals surface area (Å²) < 4.78 is 0. The van der Waals surface area contributed by atoms with Crippen molar-refractivity contribution in [1.82, 2.24) is 4.98 Å². The average Bonchev–Trinajstić information content (AvgIpc) is 2.69. The molecule has 1 heterocycles. The van der Waals surface area contributed by atoms with E-state index in [1.165, 1.54) is 11.3 Å². The average molecular weight is 283 g/mol. The second-order valence-electron chi connectivity index (χ2n) is 3.43. The predicted molar refractivity (Wildman–Crippen MR) is 75.5 cm³/mol. The molecule has 0 bridgehead atoms. The molecule has 0 saturated heterocycles. The fraction of sp³-hybridized carbons (Fsp3) is 0.0909. The minimum absolute atomic E-state index is 0.304. The number of nitrogens with zero attached hydrogens (tertiary/aromatic N) is 1. The normalized spacial score (nSPS) is 10.1. The van der Waals surface area contributed by atoms with Crippen LogP contribution in [0.4, 0.5) is 15.8 Å². The first-order valence-electron chi connectivity index (χ1n) is 5.11. The molecule has 0 fully saturated rings. The molecule has 5 nitrogen and oxygen atoms in total. The van der Waals surface area contributed by atoms with E-state index in [2.05, 4.69) is 15.6 Å². The van der Waals surface area contributed by atoms with Gasteiger partial charge in [0.05, 0.1) is 5.56 Å². The number of rotatable bonds is 3. The number of para-hydroxylation sites is 1. The third-order valence-corrected chi connectivity index (χ3v) is 3.61. The van der Waals surface area contributed by atoms with Crippen LogP contribution in [-0.4, -0.2) is 17.9 Å². The molecule has 7 heteroatoms. The maximum Gasteiger partial charge on any atom is 0.259 e. The Hall–Kier alpha value is -1.79. The molecule has 0 atom stereocenters. The summed E-state index contributed by atoms with van der Waals surface area (Å²) in [5, 5.41) is 7.01. The van der Waals surface area contributed by atoms with Crippen molar-refractivity contribution in [2.45, 2.75) is 0 Å². The summed E-state index contributed by atoms with van der Waals surface area (Å²) in [7, 11) is 1.74. The van der Waals surface area contributed by atoms with Gasteiger partial charge in [0, 0.05) is 12.7 Å². The van der Waals surface area contributed by atoms with Gasteiger partial charge in [-0.3, -0.25) is 10.1 Å². The number of carbonyl (C=O) groups is 1. The first-order valence-corrected chi connectivity index (χ1v) is 6.31. The van der Waals surface area contributed by atoms with E-state index in [1.54, 1.807) is 31.3 Å². The fourth-order valence-corrected chi connectivity index (χ4v) is 2.43. The number of hydrogen-bond acceptors (Lipinski definition) is 5. The second-order valence-corrected chi connectivity index (χ2v) is 4.79. The summed E-state index contributed by atoms with van der Waals surface area (Å²) in [6.45, 7) is 0. The van der Waals surface area contributed by atoms with E-state index in [4.69, 9.17) is 17.3 Å². The van der Waals surface area contributed by atoms with Crippen molar-refractivity contribution in [2.24, 2.45) is 0 Å². The topological polar surface area (TPSA) is 80.0 Å². The number of anilines is 3. The van der Waals surface area contributed by atoms with Crippen LogP contribution in [0.3, 0.4) is 0 Å². The second kappa shape index (κ2) is 5.24. The summed E-state index contributed by atoms with van der Waals surface area (Å²) in [6, 6.07) is 6.84. The quantitative estimate of drug-likeness (QED) is 0.756. The first-order chi connectivity index (χ1) is 8.61. The van der Waals surface area contributed by atoms with Crippen LogP contribution in [0.1, 0.15) is 10.4 Å². The molecule has 0 saturated carbocycles. The fourth-order valence-electron chi connectivity index (χ4n) is 1.38. The van der Waals surface area contributed by atoms with Gasteiger partial charge in [-0.1, -0.05) is 35.1 Å². The minimum atomic E-state index is -0.304. The number of thiazole rings is 1. The molecule has 1 aromatic carbocycles. The minimum Gasteiger partial charge on any atom is -0.398 e. The zero-order valence-corrected chi connectivity index (χ0v) is 11.1. The van der Waals surface area contributed by atoms with E-state index < -0.39 is 0 Å². The highest BCUT2D eigenvalue weighted by molar-refractivity contribution is 7.20. The number of halogens is 1. The van der Waals surface area contributed by atoms with Crippen LogP contribution in [-0.2, 0) is 0 Å². The Labute approximate surface area is 113 Å². The number of hydrogen-bond donors (Lipinski definition) is 3. The highest BCUT2D eigenvalue weighted by atomic mass is 35.5. The Morgan fingerprint density at radius 1 is 1.44 bits per heavy atom. The number of nitrogen functional groups attached to an aromatic ring is 1. The van der Waals surface area contributed by atoms with E-state index in [0.29, 0.717) is 26.5 Å². The molecule has 18 heavy (non-hydrogen) atoms. The Morgan fingerprint density at radius 2 is 2.17 bits per heavy atom. The molecule has 4 N–H and O–H groups in total. The zero-order valence-electron chi connectivity index (χ0n) is 9.53. The number of aromatic nitrogens is 1. The maximum atomic E-state index is 12.0. The van der Waals surface area contributed by atoms with E-state index in [1.807, 2.05) is 0 Å². The Morgan fingerprint density at radius 3 is 2.78 bits per heavy atom. The molecular weight excluding hydrogens is 272 g/mol. The summed E-state index contributed by atoms with van der Waals surface area (Å²) in [5.41, 5.74) is 6.55. The molecular formula is C11H11ClN4OS. The van der Waals surface area contributed by atoms with Gasteiger partial charge >= 0.3 is 0 Å². The summed E-state index contributed by atoms with van der Waals surface area (Å²) in [5.74, 6) is -0.304. The standard InChI is InChI=1S/C11H11ClN4OS/c1-14-10-8(12)15-11(18-10)16-9(17)6-4-2-3-5-7(6)13/h2-5,14H,13H2,1H3,(H,15,16,17). The lowest BCUT2D eigenvalue weighted by Crippen LogP contribution is -2.13.